The normalized spacial score (nSPS) is 16.1. The molecule has 8 heteroatoms. The van der Waals surface area contributed by atoms with Crippen LogP contribution in [0.15, 0.2) is 59.5 Å². The highest BCUT2D eigenvalue weighted by molar-refractivity contribution is 7.89. The Morgan fingerprint density at radius 2 is 1.57 bits per heavy atom. The number of carbonyl (C=O) groups excluding carboxylic acids is 2. The van der Waals surface area contributed by atoms with Gasteiger partial charge in [-0.1, -0.05) is 48.0 Å². The molecule has 0 saturated carbocycles. The average Bonchev–Trinajstić information content (AvgIpc) is 2.74. The lowest BCUT2D eigenvalue weighted by molar-refractivity contribution is -0.133. The van der Waals surface area contributed by atoms with Gasteiger partial charge in [-0.25, -0.2) is 8.42 Å². The van der Waals surface area contributed by atoms with E-state index in [1.807, 2.05) is 37.3 Å². The van der Waals surface area contributed by atoms with Crippen LogP contribution >= 0.6 is 0 Å². The zero-order chi connectivity index (χ0) is 21.7. The number of hydrogen-bond acceptors (Lipinski definition) is 4. The molecule has 0 bridgehead atoms. The Labute approximate surface area is 177 Å². The van der Waals surface area contributed by atoms with Gasteiger partial charge in [0.1, 0.15) is 0 Å². The fourth-order valence-electron chi connectivity index (χ4n) is 3.52. The number of nitrogens with one attached hydrogen (secondary N) is 1. The monoisotopic (exact) mass is 429 g/mol. The molecule has 0 spiro atoms. The zero-order valence-electron chi connectivity index (χ0n) is 17.2. The third-order valence-corrected chi connectivity index (χ3v) is 7.12. The summed E-state index contributed by atoms with van der Waals surface area (Å²) in [6, 6.07) is 15.7. The first-order valence-corrected chi connectivity index (χ1v) is 11.4. The first-order chi connectivity index (χ1) is 14.3. The summed E-state index contributed by atoms with van der Waals surface area (Å²) in [7, 11) is -3.57. The standard InChI is InChI=1S/C22H27N3O4S/c1-17-8-10-20(11-9-17)30(28,29)25-14-12-24(13-15-25)22(27)16-21(23-18(2)26)19-6-4-3-5-7-19/h3-11,21H,12-16H2,1-2H3,(H,23,26)/t21-/m0/s1. The highest BCUT2D eigenvalue weighted by Crippen LogP contribution is 2.21. The lowest BCUT2D eigenvalue weighted by atomic mass is 10.0. The van der Waals surface area contributed by atoms with Gasteiger partial charge in [0.05, 0.1) is 17.4 Å². The van der Waals surface area contributed by atoms with Crippen LogP contribution in [0.1, 0.15) is 30.5 Å². The van der Waals surface area contributed by atoms with Gasteiger partial charge in [-0.2, -0.15) is 4.31 Å². The summed E-state index contributed by atoms with van der Waals surface area (Å²) in [5.41, 5.74) is 1.86. The van der Waals surface area contributed by atoms with Gasteiger partial charge in [0, 0.05) is 33.1 Å². The Balaban J connectivity index is 1.63. The van der Waals surface area contributed by atoms with E-state index in [1.54, 1.807) is 29.2 Å². The molecule has 3 rings (SSSR count). The van der Waals surface area contributed by atoms with E-state index < -0.39 is 16.1 Å². The van der Waals surface area contributed by atoms with Crippen LogP contribution in [-0.4, -0.2) is 55.6 Å². The van der Waals surface area contributed by atoms with Crippen molar-refractivity contribution < 1.29 is 18.0 Å². The second kappa shape index (κ2) is 9.40. The maximum atomic E-state index is 12.8. The molecule has 160 valence electrons. The Kier molecular flexibility index (Phi) is 6.89. The lowest BCUT2D eigenvalue weighted by Crippen LogP contribution is -2.51. The van der Waals surface area contributed by atoms with E-state index in [9.17, 15) is 18.0 Å². The molecule has 2 aromatic carbocycles. The lowest BCUT2D eigenvalue weighted by Gasteiger charge is -2.34. The minimum atomic E-state index is -3.57. The molecule has 2 amide bonds. The van der Waals surface area contributed by atoms with Gasteiger partial charge in [-0.15, -0.1) is 0 Å². The van der Waals surface area contributed by atoms with E-state index in [4.69, 9.17) is 0 Å². The minimum absolute atomic E-state index is 0.106. The largest absolute Gasteiger partial charge is 0.349 e. The molecule has 1 heterocycles. The third-order valence-electron chi connectivity index (χ3n) is 5.21. The maximum absolute atomic E-state index is 12.8. The molecule has 2 aromatic rings. The molecule has 1 N–H and O–H groups in total. The summed E-state index contributed by atoms with van der Waals surface area (Å²) >= 11 is 0. The summed E-state index contributed by atoms with van der Waals surface area (Å²) in [6.45, 7) is 4.48. The quantitative estimate of drug-likeness (QED) is 0.762. The van der Waals surface area contributed by atoms with Crippen LogP contribution in [0.2, 0.25) is 0 Å². The van der Waals surface area contributed by atoms with Crippen molar-refractivity contribution >= 4 is 21.8 Å². The van der Waals surface area contributed by atoms with Crippen LogP contribution in [0.4, 0.5) is 0 Å². The van der Waals surface area contributed by atoms with Crippen molar-refractivity contribution in [3.05, 3.63) is 65.7 Å². The molecule has 0 aromatic heterocycles. The van der Waals surface area contributed by atoms with Gasteiger partial charge < -0.3 is 10.2 Å². The fraction of sp³-hybridized carbons (Fsp3) is 0.364. The van der Waals surface area contributed by atoms with E-state index in [-0.39, 0.29) is 36.2 Å². The molecular formula is C22H27N3O4S. The topological polar surface area (TPSA) is 86.8 Å². The highest BCUT2D eigenvalue weighted by atomic mass is 32.2. The van der Waals surface area contributed by atoms with Gasteiger partial charge in [0.25, 0.3) is 0 Å². The predicted octanol–water partition coefficient (Wildman–Crippen LogP) is 2.10. The molecular weight excluding hydrogens is 402 g/mol. The predicted molar refractivity (Wildman–Crippen MR) is 114 cm³/mol. The van der Waals surface area contributed by atoms with E-state index in [0.717, 1.165) is 11.1 Å². The molecule has 0 unspecified atom stereocenters. The molecule has 1 fully saturated rings. The Hall–Kier alpha value is -2.71. The number of hydrogen-bond donors (Lipinski definition) is 1. The number of nitrogens with zero attached hydrogens (tertiary/aromatic N) is 2. The number of sulfonamides is 1. The molecule has 1 aliphatic rings. The van der Waals surface area contributed by atoms with Crippen molar-refractivity contribution in [2.24, 2.45) is 0 Å². The minimum Gasteiger partial charge on any atom is -0.349 e. The van der Waals surface area contributed by atoms with Crippen LogP contribution in [0, 0.1) is 6.92 Å². The SMILES string of the molecule is CC(=O)N[C@@H](CC(=O)N1CCN(S(=O)(=O)c2ccc(C)cc2)CC1)c1ccccc1. The second-order valence-electron chi connectivity index (χ2n) is 7.47. The number of benzene rings is 2. The summed E-state index contributed by atoms with van der Waals surface area (Å²) in [4.78, 5) is 26.4. The molecule has 0 radical (unpaired) electrons. The van der Waals surface area contributed by atoms with Crippen LogP contribution < -0.4 is 5.32 Å². The first kappa shape index (κ1) is 22.0. The summed E-state index contributed by atoms with van der Waals surface area (Å²) in [5, 5.41) is 2.83. The van der Waals surface area contributed by atoms with E-state index >= 15 is 0 Å². The Bertz CT molecular complexity index is 983. The van der Waals surface area contributed by atoms with Crippen molar-refractivity contribution in [1.82, 2.24) is 14.5 Å². The van der Waals surface area contributed by atoms with E-state index in [2.05, 4.69) is 5.32 Å². The molecule has 30 heavy (non-hydrogen) atoms. The van der Waals surface area contributed by atoms with Crippen LogP contribution in [0.3, 0.4) is 0 Å². The van der Waals surface area contributed by atoms with Crippen LogP contribution in [0.25, 0.3) is 0 Å². The maximum Gasteiger partial charge on any atom is 0.243 e. The van der Waals surface area contributed by atoms with E-state index in [1.165, 1.54) is 11.2 Å². The van der Waals surface area contributed by atoms with Gasteiger partial charge in [-0.3, -0.25) is 9.59 Å². The molecule has 1 saturated heterocycles. The average molecular weight is 430 g/mol. The summed E-state index contributed by atoms with van der Waals surface area (Å²) in [5.74, 6) is -0.310. The molecule has 7 nitrogen and oxygen atoms in total. The zero-order valence-corrected chi connectivity index (χ0v) is 18.1. The van der Waals surface area contributed by atoms with Crippen LogP contribution in [0.5, 0.6) is 0 Å². The number of rotatable bonds is 6. The van der Waals surface area contributed by atoms with Gasteiger partial charge in [-0.05, 0) is 24.6 Å². The first-order valence-electron chi connectivity index (χ1n) is 9.94. The van der Waals surface area contributed by atoms with Crippen LogP contribution in [-0.2, 0) is 19.6 Å². The Morgan fingerprint density at radius 3 is 2.13 bits per heavy atom. The van der Waals surface area contributed by atoms with Crippen molar-refractivity contribution in [3.63, 3.8) is 0 Å². The van der Waals surface area contributed by atoms with Crippen molar-refractivity contribution in [3.8, 4) is 0 Å². The van der Waals surface area contributed by atoms with E-state index in [0.29, 0.717) is 13.1 Å². The molecule has 1 atom stereocenters. The second-order valence-corrected chi connectivity index (χ2v) is 9.40. The molecule has 1 aliphatic heterocycles. The highest BCUT2D eigenvalue weighted by Gasteiger charge is 2.31. The number of amides is 2. The summed E-state index contributed by atoms with van der Waals surface area (Å²) in [6.07, 6.45) is 0.133. The third kappa shape index (κ3) is 5.25. The molecule has 0 aliphatic carbocycles. The van der Waals surface area contributed by atoms with Crippen molar-refractivity contribution in [1.29, 1.82) is 0 Å². The fourth-order valence-corrected chi connectivity index (χ4v) is 4.95. The van der Waals surface area contributed by atoms with Gasteiger partial charge in [0.15, 0.2) is 0 Å². The number of aryl methyl sites for hydroxylation is 1. The number of piperazine rings is 1. The van der Waals surface area contributed by atoms with Gasteiger partial charge in [0.2, 0.25) is 21.8 Å². The summed E-state index contributed by atoms with van der Waals surface area (Å²) < 4.78 is 27.1. The smallest absolute Gasteiger partial charge is 0.243 e. The Morgan fingerprint density at radius 1 is 0.967 bits per heavy atom. The van der Waals surface area contributed by atoms with Crippen molar-refractivity contribution in [2.45, 2.75) is 31.2 Å². The van der Waals surface area contributed by atoms with Crippen molar-refractivity contribution in [2.75, 3.05) is 26.2 Å². The van der Waals surface area contributed by atoms with Gasteiger partial charge >= 0.3 is 0 Å². The number of carbonyl (C=O) groups is 2.